The van der Waals surface area contributed by atoms with E-state index < -0.39 is 0 Å². The maximum absolute atomic E-state index is 5.47. The van der Waals surface area contributed by atoms with E-state index in [0.29, 0.717) is 5.92 Å². The summed E-state index contributed by atoms with van der Waals surface area (Å²) in [5.41, 5.74) is 2.42. The number of nitrogens with one attached hydrogen (secondary N) is 1. The van der Waals surface area contributed by atoms with Gasteiger partial charge in [0.05, 0.1) is 0 Å². The molecule has 2 heterocycles. The van der Waals surface area contributed by atoms with Gasteiger partial charge in [-0.25, -0.2) is 4.98 Å². The minimum Gasteiger partial charge on any atom is -0.373 e. The van der Waals surface area contributed by atoms with Crippen LogP contribution in [0.3, 0.4) is 0 Å². The summed E-state index contributed by atoms with van der Waals surface area (Å²) in [6, 6.07) is 0. The lowest BCUT2D eigenvalue weighted by Gasteiger charge is -2.19. The number of nitrogens with zero attached hydrogens (tertiary/aromatic N) is 1. The van der Waals surface area contributed by atoms with Crippen molar-refractivity contribution in [3.63, 3.8) is 0 Å². The van der Waals surface area contributed by atoms with Crippen molar-refractivity contribution in [1.82, 2.24) is 9.97 Å². The fraction of sp³-hybridized carbons (Fsp3) is 0.636. The number of fused-ring (bicyclic) bond motifs is 1. The maximum atomic E-state index is 5.47. The predicted octanol–water partition coefficient (Wildman–Crippen LogP) is 3.23. The minimum atomic E-state index is -0.00222. The number of aromatic nitrogens is 2. The van der Waals surface area contributed by atoms with Crippen molar-refractivity contribution in [2.75, 3.05) is 7.11 Å². The number of thioether (sulfide) groups is 1. The second-order valence-electron chi connectivity index (χ2n) is 4.28. The lowest BCUT2D eigenvalue weighted by Crippen LogP contribution is -2.14. The summed E-state index contributed by atoms with van der Waals surface area (Å²) in [6.07, 6.45) is -0.00222. The third-order valence-corrected chi connectivity index (χ3v) is 4.07. The summed E-state index contributed by atoms with van der Waals surface area (Å²) >= 11 is 7.19. The van der Waals surface area contributed by atoms with Crippen molar-refractivity contribution in [1.29, 1.82) is 0 Å². The summed E-state index contributed by atoms with van der Waals surface area (Å²) in [4.78, 5) is 7.83. The van der Waals surface area contributed by atoms with Crippen molar-refractivity contribution in [3.05, 3.63) is 21.7 Å². The van der Waals surface area contributed by atoms with Gasteiger partial charge in [0.1, 0.15) is 16.6 Å². The molecule has 1 aliphatic rings. The van der Waals surface area contributed by atoms with Gasteiger partial charge in [-0.3, -0.25) is 0 Å². The van der Waals surface area contributed by atoms with Gasteiger partial charge < -0.3 is 9.72 Å². The molecule has 1 aromatic heterocycles. The van der Waals surface area contributed by atoms with Gasteiger partial charge in [0.2, 0.25) is 0 Å². The number of hydrogen-bond donors (Lipinski definition) is 1. The average molecular weight is 256 g/mol. The second-order valence-corrected chi connectivity index (χ2v) is 5.65. The number of rotatable bonds is 3. The smallest absolute Gasteiger partial charge is 0.137 e. The fourth-order valence-corrected chi connectivity index (χ4v) is 3.38. The van der Waals surface area contributed by atoms with Crippen LogP contribution in [0.1, 0.15) is 37.0 Å². The summed E-state index contributed by atoms with van der Waals surface area (Å²) in [5.74, 6) is 3.24. The molecular formula is C11H16N2OS2. The quantitative estimate of drug-likeness (QED) is 0.843. The first-order valence-corrected chi connectivity index (χ1v) is 6.92. The van der Waals surface area contributed by atoms with E-state index in [2.05, 4.69) is 23.8 Å². The Balaban J connectivity index is 2.43. The van der Waals surface area contributed by atoms with Crippen LogP contribution < -0.4 is 0 Å². The molecule has 1 N–H and O–H groups in total. The molecule has 0 spiro atoms. The van der Waals surface area contributed by atoms with Crippen molar-refractivity contribution in [2.45, 2.75) is 31.5 Å². The van der Waals surface area contributed by atoms with Gasteiger partial charge in [-0.05, 0) is 5.92 Å². The molecule has 1 aromatic rings. The van der Waals surface area contributed by atoms with Crippen LogP contribution in [0.4, 0.5) is 0 Å². The summed E-state index contributed by atoms with van der Waals surface area (Å²) in [7, 11) is 1.71. The molecular weight excluding hydrogens is 240 g/mol. The minimum absolute atomic E-state index is 0.00222. The van der Waals surface area contributed by atoms with E-state index in [9.17, 15) is 0 Å². The highest BCUT2D eigenvalue weighted by Crippen LogP contribution is 2.31. The topological polar surface area (TPSA) is 37.9 Å². The number of aromatic amines is 1. The molecule has 0 bridgehead atoms. The SMILES string of the molecule is COC(c1nc(=S)c2c([nH]1)CSC2)C(C)C. The summed E-state index contributed by atoms with van der Waals surface area (Å²) in [6.45, 7) is 4.24. The molecule has 1 atom stereocenters. The van der Waals surface area contributed by atoms with E-state index in [-0.39, 0.29) is 6.10 Å². The summed E-state index contributed by atoms with van der Waals surface area (Å²) < 4.78 is 6.20. The van der Waals surface area contributed by atoms with Crippen LogP contribution >= 0.6 is 24.0 Å². The zero-order chi connectivity index (χ0) is 11.7. The largest absolute Gasteiger partial charge is 0.373 e. The van der Waals surface area contributed by atoms with Crippen LogP contribution in [0, 0.1) is 10.6 Å². The Labute approximate surface area is 105 Å². The normalized spacial score (nSPS) is 16.5. The molecule has 0 fully saturated rings. The Morgan fingerprint density at radius 1 is 1.44 bits per heavy atom. The molecule has 0 aliphatic carbocycles. The van der Waals surface area contributed by atoms with Crippen molar-refractivity contribution in [2.24, 2.45) is 5.92 Å². The monoisotopic (exact) mass is 256 g/mol. The third kappa shape index (κ3) is 2.17. The van der Waals surface area contributed by atoms with Gasteiger partial charge >= 0.3 is 0 Å². The van der Waals surface area contributed by atoms with Gasteiger partial charge in [-0.1, -0.05) is 26.1 Å². The first kappa shape index (κ1) is 12.1. The molecule has 16 heavy (non-hydrogen) atoms. The lowest BCUT2D eigenvalue weighted by atomic mass is 10.1. The number of hydrogen-bond acceptors (Lipinski definition) is 4. The second kappa shape index (κ2) is 4.85. The van der Waals surface area contributed by atoms with Crippen LogP contribution in [0.2, 0.25) is 0 Å². The van der Waals surface area contributed by atoms with E-state index >= 15 is 0 Å². The predicted molar refractivity (Wildman–Crippen MR) is 69.0 cm³/mol. The Morgan fingerprint density at radius 2 is 2.19 bits per heavy atom. The summed E-state index contributed by atoms with van der Waals surface area (Å²) in [5, 5.41) is 0. The number of ether oxygens (including phenoxy) is 1. The molecule has 2 rings (SSSR count). The molecule has 0 aromatic carbocycles. The highest BCUT2D eigenvalue weighted by Gasteiger charge is 2.21. The molecule has 1 unspecified atom stereocenters. The first-order chi connectivity index (χ1) is 7.63. The van der Waals surface area contributed by atoms with Crippen molar-refractivity contribution < 1.29 is 4.74 Å². The lowest BCUT2D eigenvalue weighted by molar-refractivity contribution is 0.0572. The van der Waals surface area contributed by atoms with E-state index in [4.69, 9.17) is 17.0 Å². The molecule has 0 radical (unpaired) electrons. The van der Waals surface area contributed by atoms with E-state index in [1.54, 1.807) is 7.11 Å². The van der Waals surface area contributed by atoms with Gasteiger partial charge in [-0.15, -0.1) is 0 Å². The van der Waals surface area contributed by atoms with Gasteiger partial charge in [-0.2, -0.15) is 11.8 Å². The molecule has 0 saturated heterocycles. The number of H-pyrrole nitrogens is 1. The van der Waals surface area contributed by atoms with Crippen LogP contribution in [-0.4, -0.2) is 17.1 Å². The van der Waals surface area contributed by atoms with Gasteiger partial charge in [0.25, 0.3) is 0 Å². The van der Waals surface area contributed by atoms with Gasteiger partial charge in [0.15, 0.2) is 0 Å². The molecule has 5 heteroatoms. The van der Waals surface area contributed by atoms with E-state index in [1.165, 1.54) is 11.3 Å². The van der Waals surface area contributed by atoms with Crippen LogP contribution in [0.25, 0.3) is 0 Å². The van der Waals surface area contributed by atoms with Gasteiger partial charge in [0, 0.05) is 29.9 Å². The highest BCUT2D eigenvalue weighted by molar-refractivity contribution is 7.98. The third-order valence-electron chi connectivity index (χ3n) is 2.75. The zero-order valence-electron chi connectivity index (χ0n) is 9.74. The van der Waals surface area contributed by atoms with E-state index in [0.717, 1.165) is 22.0 Å². The zero-order valence-corrected chi connectivity index (χ0v) is 11.4. The molecule has 88 valence electrons. The Morgan fingerprint density at radius 3 is 2.81 bits per heavy atom. The van der Waals surface area contributed by atoms with Crippen LogP contribution in [0.15, 0.2) is 0 Å². The standard InChI is InChI=1S/C11H16N2OS2/c1-6(2)9(14-3)10-12-8-5-16-4-7(8)11(15)13-10/h6,9H,4-5H2,1-3H3,(H,12,13,15). The van der Waals surface area contributed by atoms with Crippen molar-refractivity contribution >= 4 is 24.0 Å². The molecule has 0 amide bonds. The Bertz CT molecular complexity index is 442. The molecule has 0 saturated carbocycles. The highest BCUT2D eigenvalue weighted by atomic mass is 32.2. The molecule has 1 aliphatic heterocycles. The molecule has 3 nitrogen and oxygen atoms in total. The van der Waals surface area contributed by atoms with Crippen molar-refractivity contribution in [3.8, 4) is 0 Å². The maximum Gasteiger partial charge on any atom is 0.137 e. The average Bonchev–Trinajstić information content (AvgIpc) is 2.66. The number of methoxy groups -OCH3 is 1. The van der Waals surface area contributed by atoms with E-state index in [1.807, 2.05) is 11.8 Å². The Hall–Kier alpha value is -0.390. The van der Waals surface area contributed by atoms with Crippen LogP contribution in [-0.2, 0) is 16.2 Å². The Kier molecular flexibility index (Phi) is 3.66. The first-order valence-electron chi connectivity index (χ1n) is 5.36. The fourth-order valence-electron chi connectivity index (χ4n) is 1.93. The van der Waals surface area contributed by atoms with Crippen LogP contribution in [0.5, 0.6) is 0 Å².